The minimum Gasteiger partial charge on any atom is -0.504 e. The topological polar surface area (TPSA) is 72.8 Å². The molecule has 0 saturated carbocycles. The molecular formula is C15H16O5. The Balaban J connectivity index is 2.92. The minimum atomic E-state index is -0.946. The average molecular weight is 276 g/mol. The van der Waals surface area contributed by atoms with Crippen LogP contribution < -0.4 is 0 Å². The number of carbonyl (C=O) groups excluding carboxylic acids is 2. The SMILES string of the molecule is CCOC(=O)C(=O)C=CC(OC)=C(O)c1ccccc1. The highest BCUT2D eigenvalue weighted by Gasteiger charge is 2.12. The standard InChI is InChI=1S/C15H16O5/c1-3-20-15(18)12(16)9-10-13(19-2)14(17)11-7-5-4-6-8-11/h4-10,17H,3H2,1-2H3. The van der Waals surface area contributed by atoms with E-state index in [-0.39, 0.29) is 18.1 Å². The lowest BCUT2D eigenvalue weighted by Crippen LogP contribution is -2.14. The Morgan fingerprint density at radius 3 is 2.40 bits per heavy atom. The van der Waals surface area contributed by atoms with Crippen molar-refractivity contribution in [3.63, 3.8) is 0 Å². The molecule has 1 aromatic rings. The lowest BCUT2D eigenvalue weighted by atomic mass is 10.1. The van der Waals surface area contributed by atoms with E-state index in [1.165, 1.54) is 13.2 Å². The molecule has 0 amide bonds. The predicted octanol–water partition coefficient (Wildman–Crippen LogP) is 2.25. The van der Waals surface area contributed by atoms with Gasteiger partial charge in [-0.2, -0.15) is 0 Å². The van der Waals surface area contributed by atoms with Crippen LogP contribution in [0, 0.1) is 0 Å². The first kappa shape index (κ1) is 15.5. The Labute approximate surface area is 117 Å². The van der Waals surface area contributed by atoms with Crippen LogP contribution in [0.2, 0.25) is 0 Å². The second-order valence-electron chi connectivity index (χ2n) is 3.70. The van der Waals surface area contributed by atoms with Crippen LogP contribution in [0.1, 0.15) is 12.5 Å². The molecule has 0 spiro atoms. The van der Waals surface area contributed by atoms with E-state index in [1.54, 1.807) is 31.2 Å². The van der Waals surface area contributed by atoms with Gasteiger partial charge in [-0.25, -0.2) is 4.79 Å². The van der Waals surface area contributed by atoms with E-state index in [0.717, 1.165) is 6.08 Å². The number of ketones is 1. The van der Waals surface area contributed by atoms with Crippen molar-refractivity contribution >= 4 is 17.5 Å². The zero-order chi connectivity index (χ0) is 15.0. The summed E-state index contributed by atoms with van der Waals surface area (Å²) in [6.45, 7) is 1.73. The van der Waals surface area contributed by atoms with Gasteiger partial charge in [-0.1, -0.05) is 30.3 Å². The van der Waals surface area contributed by atoms with Crippen LogP contribution in [0.3, 0.4) is 0 Å². The molecule has 1 N–H and O–H groups in total. The first-order valence-electron chi connectivity index (χ1n) is 6.02. The summed E-state index contributed by atoms with van der Waals surface area (Å²) in [5.41, 5.74) is 0.539. The fraction of sp³-hybridized carbons (Fsp3) is 0.200. The molecule has 5 nitrogen and oxygen atoms in total. The number of aliphatic hydroxyl groups is 1. The molecule has 0 fully saturated rings. The van der Waals surface area contributed by atoms with Gasteiger partial charge in [0.1, 0.15) is 0 Å². The lowest BCUT2D eigenvalue weighted by Gasteiger charge is -2.05. The summed E-state index contributed by atoms with van der Waals surface area (Å²) in [4.78, 5) is 22.5. The molecule has 0 unspecified atom stereocenters. The molecule has 0 radical (unpaired) electrons. The number of hydrogen-bond acceptors (Lipinski definition) is 5. The minimum absolute atomic E-state index is 0.0776. The van der Waals surface area contributed by atoms with Gasteiger partial charge in [0.25, 0.3) is 5.78 Å². The molecule has 0 aliphatic carbocycles. The lowest BCUT2D eigenvalue weighted by molar-refractivity contribution is -0.151. The van der Waals surface area contributed by atoms with Crippen LogP contribution >= 0.6 is 0 Å². The number of benzene rings is 1. The Morgan fingerprint density at radius 1 is 1.20 bits per heavy atom. The van der Waals surface area contributed by atoms with Gasteiger partial charge in [0, 0.05) is 5.56 Å². The van der Waals surface area contributed by atoms with E-state index in [2.05, 4.69) is 4.74 Å². The number of allylic oxidation sites excluding steroid dienone is 1. The van der Waals surface area contributed by atoms with Gasteiger partial charge >= 0.3 is 5.97 Å². The van der Waals surface area contributed by atoms with Crippen LogP contribution in [0.25, 0.3) is 5.76 Å². The second kappa shape index (κ2) is 7.78. The van der Waals surface area contributed by atoms with Crippen molar-refractivity contribution in [3.8, 4) is 0 Å². The van der Waals surface area contributed by atoms with Crippen LogP contribution in [0.15, 0.2) is 48.2 Å². The molecule has 0 bridgehead atoms. The summed E-state index contributed by atoms with van der Waals surface area (Å²) >= 11 is 0. The maximum atomic E-state index is 11.4. The highest BCUT2D eigenvalue weighted by atomic mass is 16.5. The molecule has 0 aromatic heterocycles. The van der Waals surface area contributed by atoms with E-state index < -0.39 is 11.8 Å². The monoisotopic (exact) mass is 276 g/mol. The maximum absolute atomic E-state index is 11.4. The fourth-order valence-electron chi connectivity index (χ4n) is 1.40. The third kappa shape index (κ3) is 4.28. The van der Waals surface area contributed by atoms with Crippen LogP contribution in [0.5, 0.6) is 0 Å². The van der Waals surface area contributed by atoms with Gasteiger partial charge in [0.15, 0.2) is 11.5 Å². The zero-order valence-corrected chi connectivity index (χ0v) is 11.3. The van der Waals surface area contributed by atoms with Crippen LogP contribution in [-0.2, 0) is 19.1 Å². The fourth-order valence-corrected chi connectivity index (χ4v) is 1.40. The van der Waals surface area contributed by atoms with Crippen molar-refractivity contribution in [1.29, 1.82) is 0 Å². The number of aliphatic hydroxyl groups excluding tert-OH is 1. The summed E-state index contributed by atoms with van der Waals surface area (Å²) in [6.07, 6.45) is 2.22. The van der Waals surface area contributed by atoms with Crippen LogP contribution in [0.4, 0.5) is 0 Å². The largest absolute Gasteiger partial charge is 0.504 e. The summed E-state index contributed by atoms with van der Waals surface area (Å²) in [6, 6.07) is 8.70. The molecule has 1 rings (SSSR count). The summed E-state index contributed by atoms with van der Waals surface area (Å²) < 4.78 is 9.55. The van der Waals surface area contributed by atoms with Crippen molar-refractivity contribution in [1.82, 2.24) is 0 Å². The normalized spacial score (nSPS) is 11.9. The zero-order valence-electron chi connectivity index (χ0n) is 11.3. The highest BCUT2D eigenvalue weighted by Crippen LogP contribution is 2.16. The third-order valence-electron chi connectivity index (χ3n) is 2.36. The maximum Gasteiger partial charge on any atom is 0.379 e. The van der Waals surface area contributed by atoms with Gasteiger partial charge in [-0.3, -0.25) is 4.79 Å². The van der Waals surface area contributed by atoms with E-state index >= 15 is 0 Å². The molecule has 0 aliphatic rings. The van der Waals surface area contributed by atoms with Crippen molar-refractivity contribution in [2.75, 3.05) is 13.7 Å². The van der Waals surface area contributed by atoms with E-state index in [9.17, 15) is 14.7 Å². The van der Waals surface area contributed by atoms with Gasteiger partial charge in [0.2, 0.25) is 0 Å². The Hall–Kier alpha value is -2.56. The van der Waals surface area contributed by atoms with E-state index in [4.69, 9.17) is 4.74 Å². The number of carbonyl (C=O) groups is 2. The molecule has 0 saturated heterocycles. The van der Waals surface area contributed by atoms with E-state index in [0.29, 0.717) is 5.56 Å². The predicted molar refractivity (Wildman–Crippen MR) is 73.8 cm³/mol. The third-order valence-corrected chi connectivity index (χ3v) is 2.36. The number of methoxy groups -OCH3 is 1. The number of hydrogen-bond donors (Lipinski definition) is 1. The van der Waals surface area contributed by atoms with E-state index in [1.807, 2.05) is 6.07 Å². The number of esters is 1. The number of rotatable bonds is 6. The molecule has 5 heteroatoms. The van der Waals surface area contributed by atoms with Crippen LogP contribution in [-0.4, -0.2) is 30.6 Å². The Morgan fingerprint density at radius 2 is 1.85 bits per heavy atom. The average Bonchev–Trinajstić information content (AvgIpc) is 2.48. The van der Waals surface area contributed by atoms with Gasteiger partial charge in [-0.05, 0) is 19.1 Å². The Bertz CT molecular complexity index is 528. The second-order valence-corrected chi connectivity index (χ2v) is 3.70. The van der Waals surface area contributed by atoms with Crippen molar-refractivity contribution in [2.45, 2.75) is 6.92 Å². The molecule has 20 heavy (non-hydrogen) atoms. The highest BCUT2D eigenvalue weighted by molar-refractivity contribution is 6.38. The molecular weight excluding hydrogens is 260 g/mol. The number of ether oxygens (including phenoxy) is 2. The molecule has 0 aliphatic heterocycles. The summed E-state index contributed by atoms with van der Waals surface area (Å²) in [5, 5.41) is 10.0. The summed E-state index contributed by atoms with van der Waals surface area (Å²) in [5.74, 6) is -1.81. The van der Waals surface area contributed by atoms with Crippen molar-refractivity contribution in [2.24, 2.45) is 0 Å². The first-order valence-corrected chi connectivity index (χ1v) is 6.02. The molecule has 1 aromatic carbocycles. The molecule has 0 heterocycles. The quantitative estimate of drug-likeness (QED) is 0.283. The summed E-state index contributed by atoms with van der Waals surface area (Å²) in [7, 11) is 1.35. The molecule has 106 valence electrons. The first-order chi connectivity index (χ1) is 9.60. The van der Waals surface area contributed by atoms with Crippen molar-refractivity contribution in [3.05, 3.63) is 53.8 Å². The van der Waals surface area contributed by atoms with Crippen molar-refractivity contribution < 1.29 is 24.2 Å². The van der Waals surface area contributed by atoms with Gasteiger partial charge < -0.3 is 14.6 Å². The molecule has 0 atom stereocenters. The Kier molecular flexibility index (Phi) is 6.03. The van der Waals surface area contributed by atoms with Gasteiger partial charge in [0.05, 0.1) is 13.7 Å². The smallest absolute Gasteiger partial charge is 0.379 e. The van der Waals surface area contributed by atoms with Gasteiger partial charge in [-0.15, -0.1) is 0 Å².